The van der Waals surface area contributed by atoms with Crippen molar-refractivity contribution in [3.05, 3.63) is 23.3 Å². The number of hydrogen-bond donors (Lipinski definition) is 2. The summed E-state index contributed by atoms with van der Waals surface area (Å²) in [5, 5.41) is 21.1. The van der Waals surface area contributed by atoms with Crippen molar-refractivity contribution in [1.29, 1.82) is 0 Å². The van der Waals surface area contributed by atoms with Crippen LogP contribution in [0.4, 0.5) is 0 Å². The second kappa shape index (κ2) is 12.3. The standard InChI is InChI=1S/C25H30O11/c1-29-18-14(20(31-3)24(35-7)22(33-5)16(18)27)11-9-13(26)10-12-15-19(30-2)17(28)23(34-6)25(36-8)21(15)32-4/h9-12,27-28H,1-8H3/b11-9+,12-10+. The van der Waals surface area contributed by atoms with Gasteiger partial charge in [-0.1, -0.05) is 0 Å². The van der Waals surface area contributed by atoms with Crippen molar-refractivity contribution < 1.29 is 52.9 Å². The van der Waals surface area contributed by atoms with Gasteiger partial charge in [0.2, 0.25) is 34.5 Å². The molecule has 36 heavy (non-hydrogen) atoms. The van der Waals surface area contributed by atoms with Gasteiger partial charge in [-0.25, -0.2) is 0 Å². The molecule has 0 amide bonds. The molecule has 0 bridgehead atoms. The number of rotatable bonds is 12. The molecule has 0 radical (unpaired) electrons. The van der Waals surface area contributed by atoms with Gasteiger partial charge in [0.15, 0.2) is 28.8 Å². The van der Waals surface area contributed by atoms with Gasteiger partial charge in [0.25, 0.3) is 0 Å². The predicted molar refractivity (Wildman–Crippen MR) is 132 cm³/mol. The highest BCUT2D eigenvalue weighted by Gasteiger charge is 2.27. The first-order valence-corrected chi connectivity index (χ1v) is 10.4. The molecule has 2 aromatic rings. The number of ketones is 1. The lowest BCUT2D eigenvalue weighted by Gasteiger charge is -2.19. The Bertz CT molecular complexity index is 1080. The van der Waals surface area contributed by atoms with Crippen LogP contribution in [0, 0.1) is 0 Å². The Labute approximate surface area is 209 Å². The average molecular weight is 507 g/mol. The van der Waals surface area contributed by atoms with E-state index in [1.54, 1.807) is 0 Å². The van der Waals surface area contributed by atoms with Crippen LogP contribution in [0.2, 0.25) is 0 Å². The molecule has 0 aliphatic heterocycles. The zero-order valence-electron chi connectivity index (χ0n) is 21.4. The number of carbonyl (C=O) groups excluding carboxylic acids is 1. The maximum atomic E-state index is 12.7. The maximum Gasteiger partial charge on any atom is 0.211 e. The molecule has 11 heteroatoms. The highest BCUT2D eigenvalue weighted by molar-refractivity contribution is 6.05. The van der Waals surface area contributed by atoms with Crippen LogP contribution in [0.15, 0.2) is 12.2 Å². The topological polar surface area (TPSA) is 131 Å². The molecule has 2 N–H and O–H groups in total. The van der Waals surface area contributed by atoms with Gasteiger partial charge in [0.1, 0.15) is 0 Å². The van der Waals surface area contributed by atoms with Crippen molar-refractivity contribution in [1.82, 2.24) is 0 Å². The molecule has 0 aliphatic rings. The zero-order chi connectivity index (χ0) is 27.0. The molecular formula is C25H30O11. The van der Waals surface area contributed by atoms with Crippen molar-refractivity contribution in [2.24, 2.45) is 0 Å². The summed E-state index contributed by atoms with van der Waals surface area (Å²) >= 11 is 0. The third kappa shape index (κ3) is 4.99. The fourth-order valence-electron chi connectivity index (χ4n) is 3.59. The minimum Gasteiger partial charge on any atom is -0.502 e. The summed E-state index contributed by atoms with van der Waals surface area (Å²) in [5.74, 6) is -0.430. The number of phenolic OH excluding ortho intramolecular Hbond substituents is 2. The van der Waals surface area contributed by atoms with Crippen LogP contribution in [0.1, 0.15) is 11.1 Å². The number of carbonyl (C=O) groups is 1. The normalized spacial score (nSPS) is 10.9. The Balaban J connectivity index is 2.58. The van der Waals surface area contributed by atoms with E-state index in [4.69, 9.17) is 37.9 Å². The van der Waals surface area contributed by atoms with Gasteiger partial charge < -0.3 is 48.1 Å². The number of ether oxygens (including phenoxy) is 8. The van der Waals surface area contributed by atoms with Gasteiger partial charge in [0.05, 0.1) is 68.0 Å². The van der Waals surface area contributed by atoms with Crippen LogP contribution < -0.4 is 37.9 Å². The highest BCUT2D eigenvalue weighted by atomic mass is 16.5. The van der Waals surface area contributed by atoms with Crippen LogP contribution in [-0.4, -0.2) is 72.9 Å². The molecule has 0 spiro atoms. The molecule has 2 rings (SSSR count). The number of phenols is 2. The summed E-state index contributed by atoms with van der Waals surface area (Å²) in [6.07, 6.45) is 5.24. The average Bonchev–Trinajstić information content (AvgIpc) is 2.89. The van der Waals surface area contributed by atoms with E-state index in [2.05, 4.69) is 0 Å². The SMILES string of the molecule is COc1c(O)c(OC)c(OC)c(OC)c1/C=C/C(=O)/C=C/c1c(OC)c(O)c(OC)c(OC)c1OC. The van der Waals surface area contributed by atoms with Crippen molar-refractivity contribution >= 4 is 17.9 Å². The molecule has 0 fully saturated rings. The molecule has 0 aliphatic carbocycles. The van der Waals surface area contributed by atoms with E-state index in [1.807, 2.05) is 0 Å². The van der Waals surface area contributed by atoms with E-state index in [-0.39, 0.29) is 68.6 Å². The maximum absolute atomic E-state index is 12.7. The van der Waals surface area contributed by atoms with Crippen LogP contribution in [0.5, 0.6) is 57.5 Å². The molecule has 0 aromatic heterocycles. The van der Waals surface area contributed by atoms with Gasteiger partial charge in [-0.15, -0.1) is 0 Å². The molecule has 0 unspecified atom stereocenters. The third-order valence-corrected chi connectivity index (χ3v) is 5.13. The summed E-state index contributed by atoms with van der Waals surface area (Å²) < 4.78 is 42.5. The van der Waals surface area contributed by atoms with Crippen LogP contribution in [0.3, 0.4) is 0 Å². The van der Waals surface area contributed by atoms with E-state index >= 15 is 0 Å². The Morgan fingerprint density at radius 1 is 0.472 bits per heavy atom. The van der Waals surface area contributed by atoms with E-state index in [0.717, 1.165) is 0 Å². The fraction of sp³-hybridized carbons (Fsp3) is 0.320. The number of allylic oxidation sites excluding steroid dienone is 2. The van der Waals surface area contributed by atoms with Gasteiger partial charge in [-0.05, 0) is 24.3 Å². The van der Waals surface area contributed by atoms with Crippen molar-refractivity contribution in [2.75, 3.05) is 56.9 Å². The predicted octanol–water partition coefficient (Wildman–Crippen LogP) is 3.46. The lowest BCUT2D eigenvalue weighted by atomic mass is 10.1. The molecular weight excluding hydrogens is 476 g/mol. The zero-order valence-corrected chi connectivity index (χ0v) is 21.4. The van der Waals surface area contributed by atoms with Crippen LogP contribution >= 0.6 is 0 Å². The number of aromatic hydroxyl groups is 2. The van der Waals surface area contributed by atoms with Crippen LogP contribution in [-0.2, 0) is 4.79 Å². The molecule has 0 saturated heterocycles. The van der Waals surface area contributed by atoms with E-state index < -0.39 is 5.78 Å². The largest absolute Gasteiger partial charge is 0.502 e. The third-order valence-electron chi connectivity index (χ3n) is 5.13. The van der Waals surface area contributed by atoms with E-state index in [0.29, 0.717) is 0 Å². The van der Waals surface area contributed by atoms with Crippen molar-refractivity contribution in [3.63, 3.8) is 0 Å². The second-order valence-corrected chi connectivity index (χ2v) is 6.86. The van der Waals surface area contributed by atoms with Gasteiger partial charge in [-0.3, -0.25) is 4.79 Å². The summed E-state index contributed by atoms with van der Waals surface area (Å²) in [6, 6.07) is 0. The van der Waals surface area contributed by atoms with E-state index in [1.165, 1.54) is 81.2 Å². The molecule has 11 nitrogen and oxygen atoms in total. The monoisotopic (exact) mass is 506 g/mol. The number of hydrogen-bond acceptors (Lipinski definition) is 11. The fourth-order valence-corrected chi connectivity index (χ4v) is 3.59. The molecule has 196 valence electrons. The highest BCUT2D eigenvalue weighted by Crippen LogP contribution is 2.54. The summed E-state index contributed by atoms with van der Waals surface area (Å²) in [6.45, 7) is 0. The summed E-state index contributed by atoms with van der Waals surface area (Å²) in [5.41, 5.74) is 0.492. The minimum atomic E-state index is -0.466. The Morgan fingerprint density at radius 3 is 1.00 bits per heavy atom. The lowest BCUT2D eigenvalue weighted by Crippen LogP contribution is -2.01. The molecule has 2 aromatic carbocycles. The Kier molecular flexibility index (Phi) is 9.54. The van der Waals surface area contributed by atoms with Gasteiger partial charge in [0, 0.05) is 0 Å². The van der Waals surface area contributed by atoms with Gasteiger partial charge in [-0.2, -0.15) is 0 Å². The number of benzene rings is 2. The lowest BCUT2D eigenvalue weighted by molar-refractivity contribution is -0.110. The van der Waals surface area contributed by atoms with E-state index in [9.17, 15) is 15.0 Å². The van der Waals surface area contributed by atoms with Crippen LogP contribution in [0.25, 0.3) is 12.2 Å². The Morgan fingerprint density at radius 2 is 0.750 bits per heavy atom. The first kappa shape index (κ1) is 27.8. The minimum absolute atomic E-state index is 0.0158. The van der Waals surface area contributed by atoms with Gasteiger partial charge >= 0.3 is 0 Å². The Hall–Kier alpha value is -4.41. The van der Waals surface area contributed by atoms with Crippen molar-refractivity contribution in [2.45, 2.75) is 0 Å². The molecule has 0 saturated carbocycles. The summed E-state index contributed by atoms with van der Waals surface area (Å²) in [7, 11) is 11.0. The second-order valence-electron chi connectivity index (χ2n) is 6.86. The molecule has 0 atom stereocenters. The first-order valence-electron chi connectivity index (χ1n) is 10.4. The first-order chi connectivity index (χ1) is 17.3. The summed E-state index contributed by atoms with van der Waals surface area (Å²) in [4.78, 5) is 12.7. The number of methoxy groups -OCH3 is 8. The molecule has 0 heterocycles. The van der Waals surface area contributed by atoms with Crippen molar-refractivity contribution in [3.8, 4) is 57.5 Å². The smallest absolute Gasteiger partial charge is 0.211 e. The quantitative estimate of drug-likeness (QED) is 0.410.